The maximum absolute atomic E-state index is 13.0. The Labute approximate surface area is 114 Å². The Hall–Kier alpha value is -1.87. The summed E-state index contributed by atoms with van der Waals surface area (Å²) in [6, 6.07) is 2.77. The molecular formula is C11H11F3N2O3S. The fourth-order valence-corrected chi connectivity index (χ4v) is 1.94. The highest BCUT2D eigenvalue weighted by Gasteiger charge is 2.42. The summed E-state index contributed by atoms with van der Waals surface area (Å²) in [5.74, 6) is -1.22. The fraction of sp³-hybridized carbons (Fsp3) is 0.273. The molecule has 1 aromatic rings. The number of carbonyl (C=O) groups is 1. The van der Waals surface area contributed by atoms with Crippen LogP contribution in [0.3, 0.4) is 0 Å². The molecule has 0 saturated heterocycles. The lowest BCUT2D eigenvalue weighted by Crippen LogP contribution is -2.48. The molecule has 0 aliphatic carbocycles. The predicted octanol–water partition coefficient (Wildman–Crippen LogP) is 0.415. The number of alkyl halides is 3. The van der Waals surface area contributed by atoms with E-state index in [1.165, 1.54) is 30.3 Å². The van der Waals surface area contributed by atoms with Crippen molar-refractivity contribution in [3.8, 4) is 0 Å². The van der Waals surface area contributed by atoms with Crippen molar-refractivity contribution in [3.05, 3.63) is 35.9 Å². The molecule has 1 amide bonds. The highest BCUT2D eigenvalue weighted by Crippen LogP contribution is 2.32. The van der Waals surface area contributed by atoms with Gasteiger partial charge in [0.05, 0.1) is 5.37 Å². The van der Waals surface area contributed by atoms with Crippen LogP contribution in [-0.2, 0) is 15.1 Å². The largest absolute Gasteiger partial charge is 0.407 e. The Morgan fingerprint density at radius 1 is 1.25 bits per heavy atom. The monoisotopic (exact) mass is 308 g/mol. The second-order valence-electron chi connectivity index (χ2n) is 3.83. The van der Waals surface area contributed by atoms with E-state index in [1.807, 2.05) is 5.32 Å². The van der Waals surface area contributed by atoms with Crippen LogP contribution in [0.2, 0.25) is 0 Å². The molecule has 0 bridgehead atoms. The highest BCUT2D eigenvalue weighted by atomic mass is 32.2. The summed E-state index contributed by atoms with van der Waals surface area (Å²) in [5.41, 5.74) is 4.73. The van der Waals surface area contributed by atoms with Crippen LogP contribution in [0.1, 0.15) is 11.6 Å². The third kappa shape index (κ3) is 4.67. The van der Waals surface area contributed by atoms with Gasteiger partial charge in [0.1, 0.15) is 12.1 Å². The Bertz CT molecular complexity index is 591. The van der Waals surface area contributed by atoms with Crippen LogP contribution >= 0.6 is 0 Å². The van der Waals surface area contributed by atoms with Crippen LogP contribution in [0, 0.1) is 0 Å². The number of halogens is 3. The lowest BCUT2D eigenvalue weighted by atomic mass is 10.1. The number of carbonyl (C=O) groups excluding carboxylic acids is 1. The van der Waals surface area contributed by atoms with Gasteiger partial charge in [0, 0.05) is 0 Å². The Kier molecular flexibility index (Phi) is 5.28. The van der Waals surface area contributed by atoms with E-state index in [2.05, 4.69) is 0 Å². The number of hydrogen-bond donors (Lipinski definition) is 2. The molecule has 3 N–H and O–H groups in total. The molecule has 0 unspecified atom stereocenters. The van der Waals surface area contributed by atoms with Crippen LogP contribution in [0.15, 0.2) is 30.3 Å². The van der Waals surface area contributed by atoms with E-state index in [1.54, 1.807) is 0 Å². The molecule has 1 rings (SSSR count). The van der Waals surface area contributed by atoms with E-state index < -0.39 is 34.5 Å². The smallest absolute Gasteiger partial charge is 0.368 e. The van der Waals surface area contributed by atoms with Crippen LogP contribution < -0.4 is 11.1 Å². The zero-order chi connectivity index (χ0) is 15.3. The molecule has 0 fully saturated rings. The Morgan fingerprint density at radius 3 is 2.20 bits per heavy atom. The van der Waals surface area contributed by atoms with Gasteiger partial charge in [-0.05, 0) is 5.56 Å². The molecule has 5 nitrogen and oxygen atoms in total. The van der Waals surface area contributed by atoms with Crippen molar-refractivity contribution in [1.82, 2.24) is 5.32 Å². The predicted molar refractivity (Wildman–Crippen MR) is 66.3 cm³/mol. The average Bonchev–Trinajstić information content (AvgIpc) is 2.33. The van der Waals surface area contributed by atoms with Gasteiger partial charge >= 0.3 is 6.18 Å². The molecule has 0 saturated carbocycles. The minimum absolute atomic E-state index is 0.156. The first-order valence-corrected chi connectivity index (χ1v) is 6.45. The number of amides is 1. The molecule has 0 spiro atoms. The van der Waals surface area contributed by atoms with Gasteiger partial charge in [0.25, 0.3) is 0 Å². The van der Waals surface area contributed by atoms with Gasteiger partial charge in [0.2, 0.25) is 16.2 Å². The number of primary amides is 1. The number of rotatable bonds is 5. The highest BCUT2D eigenvalue weighted by molar-refractivity contribution is 7.71. The van der Waals surface area contributed by atoms with Crippen molar-refractivity contribution < 1.29 is 26.4 Å². The van der Waals surface area contributed by atoms with Gasteiger partial charge in [-0.25, -0.2) is 0 Å². The molecule has 0 aliphatic heterocycles. The van der Waals surface area contributed by atoms with E-state index in [0.29, 0.717) is 5.37 Å². The molecule has 2 atom stereocenters. The maximum atomic E-state index is 13.0. The van der Waals surface area contributed by atoms with Gasteiger partial charge < -0.3 is 5.73 Å². The zero-order valence-electron chi connectivity index (χ0n) is 9.96. The van der Waals surface area contributed by atoms with Crippen LogP contribution in [0.4, 0.5) is 13.2 Å². The summed E-state index contributed by atoms with van der Waals surface area (Å²) in [4.78, 5) is 11.0. The zero-order valence-corrected chi connectivity index (χ0v) is 10.8. The van der Waals surface area contributed by atoms with E-state index in [0.717, 1.165) is 0 Å². The number of hydrogen-bond acceptors (Lipinski definition) is 4. The second-order valence-corrected chi connectivity index (χ2v) is 4.62. The van der Waals surface area contributed by atoms with Gasteiger partial charge in [-0.3, -0.25) is 10.1 Å². The molecule has 0 aromatic heterocycles. The van der Waals surface area contributed by atoms with Crippen molar-refractivity contribution in [2.75, 3.05) is 0 Å². The molecule has 20 heavy (non-hydrogen) atoms. The summed E-state index contributed by atoms with van der Waals surface area (Å²) < 4.78 is 59.9. The lowest BCUT2D eigenvalue weighted by Gasteiger charge is -2.24. The standard InChI is InChI=1S/C11H11F3N2O3S/c12-11(13,14)9(7-4-2-1-3-5-7)16-8(10(15)17)6-20(18)19/h1-6,8-9,16H,(H2,15,17)/t8-,9-/m0/s1. The number of nitrogens with two attached hydrogens (primary N) is 1. The average molecular weight is 308 g/mol. The second kappa shape index (κ2) is 6.53. The van der Waals surface area contributed by atoms with Crippen molar-refractivity contribution >= 4 is 21.6 Å². The maximum Gasteiger partial charge on any atom is 0.407 e. The summed E-state index contributed by atoms with van der Waals surface area (Å²) in [6.45, 7) is 0. The summed E-state index contributed by atoms with van der Waals surface area (Å²) >= 11 is 0. The first-order valence-electron chi connectivity index (χ1n) is 5.32. The number of benzene rings is 1. The van der Waals surface area contributed by atoms with E-state index >= 15 is 0 Å². The minimum atomic E-state index is -4.72. The topological polar surface area (TPSA) is 89.3 Å². The van der Waals surface area contributed by atoms with E-state index in [-0.39, 0.29) is 5.56 Å². The van der Waals surface area contributed by atoms with Gasteiger partial charge in [-0.1, -0.05) is 30.3 Å². The third-order valence-electron chi connectivity index (χ3n) is 2.36. The van der Waals surface area contributed by atoms with Crippen LogP contribution in [0.25, 0.3) is 0 Å². The van der Waals surface area contributed by atoms with Crippen molar-refractivity contribution in [2.45, 2.75) is 18.3 Å². The Morgan fingerprint density at radius 2 is 1.80 bits per heavy atom. The quantitative estimate of drug-likeness (QED) is 0.771. The molecule has 0 heterocycles. The normalized spacial score (nSPS) is 14.3. The molecule has 0 aliphatic rings. The van der Waals surface area contributed by atoms with E-state index in [4.69, 9.17) is 5.73 Å². The summed E-state index contributed by atoms with van der Waals surface area (Å²) in [7, 11) is -2.82. The van der Waals surface area contributed by atoms with Crippen molar-refractivity contribution in [2.24, 2.45) is 5.73 Å². The fourth-order valence-electron chi connectivity index (χ4n) is 1.50. The van der Waals surface area contributed by atoms with Crippen LogP contribution in [0.5, 0.6) is 0 Å². The first-order chi connectivity index (χ1) is 9.21. The van der Waals surface area contributed by atoms with Crippen LogP contribution in [-0.4, -0.2) is 31.9 Å². The Balaban J connectivity index is 3.14. The first kappa shape index (κ1) is 16.2. The number of nitrogens with one attached hydrogen (secondary N) is 1. The summed E-state index contributed by atoms with van der Waals surface area (Å²) in [5, 5.41) is 2.27. The molecule has 110 valence electrons. The van der Waals surface area contributed by atoms with Gasteiger partial charge in [0.15, 0.2) is 0 Å². The molecule has 1 aromatic carbocycles. The molecule has 0 radical (unpaired) electrons. The van der Waals surface area contributed by atoms with Gasteiger partial charge in [-0.2, -0.15) is 21.6 Å². The minimum Gasteiger partial charge on any atom is -0.368 e. The third-order valence-corrected chi connectivity index (χ3v) is 2.85. The molecule has 9 heteroatoms. The molecular weight excluding hydrogens is 297 g/mol. The van der Waals surface area contributed by atoms with Crippen molar-refractivity contribution in [3.63, 3.8) is 0 Å². The van der Waals surface area contributed by atoms with E-state index in [9.17, 15) is 26.4 Å². The summed E-state index contributed by atoms with van der Waals surface area (Å²) in [6.07, 6.45) is -4.72. The van der Waals surface area contributed by atoms with Crippen molar-refractivity contribution in [1.29, 1.82) is 0 Å². The van der Waals surface area contributed by atoms with Gasteiger partial charge in [-0.15, -0.1) is 0 Å². The SMILES string of the molecule is NC(=O)[C@H](C=S(=O)=O)N[C@@H](c1ccccc1)C(F)(F)F. The lowest BCUT2D eigenvalue weighted by molar-refractivity contribution is -0.159.